The van der Waals surface area contributed by atoms with Crippen molar-refractivity contribution in [3.05, 3.63) is 0 Å². The van der Waals surface area contributed by atoms with Crippen LogP contribution in [0.1, 0.15) is 316 Å². The first-order valence-corrected chi connectivity index (χ1v) is 45.5. The molecule has 0 aliphatic heterocycles. The van der Waals surface area contributed by atoms with Crippen molar-refractivity contribution in [2.75, 3.05) is 105 Å². The Balaban J connectivity index is -0.000000116. The molecule has 0 aromatic carbocycles. The van der Waals surface area contributed by atoms with Gasteiger partial charge in [-0.3, -0.25) is 0 Å². The van der Waals surface area contributed by atoms with E-state index < -0.39 is 66.0 Å². The van der Waals surface area contributed by atoms with Gasteiger partial charge in [-0.2, -0.15) is 0 Å². The summed E-state index contributed by atoms with van der Waals surface area (Å²) < 4.78 is 92.2. The van der Waals surface area contributed by atoms with Gasteiger partial charge in [0.2, 0.25) is 0 Å². The molecule has 0 fully saturated rings. The van der Waals surface area contributed by atoms with Crippen LogP contribution in [0.2, 0.25) is 0 Å². The Kier molecular flexibility index (Phi) is 112. The molecule has 0 saturated carbocycles. The fraction of sp³-hybridized carbons (Fsp3) is 1.00. The molecular weight excluding hydrogens is 1780 g/mol. The molecule has 0 aliphatic carbocycles. The maximum Gasteiger partial charge on any atom is 2.00 e. The van der Waals surface area contributed by atoms with Gasteiger partial charge in [0.05, 0.1) is 105 Å². The van der Waals surface area contributed by atoms with Crippen LogP contribution in [-0.2, 0) is 95.9 Å². The van der Waals surface area contributed by atoms with Crippen LogP contribution in [0.5, 0.6) is 0 Å². The zero-order valence-corrected chi connectivity index (χ0v) is 75.8. The summed E-state index contributed by atoms with van der Waals surface area (Å²) in [5.74, 6) is 0. The molecule has 8 unspecified atom stereocenters. The molecule has 0 aromatic heterocycles. The minimum absolute atomic E-state index is 0. The van der Waals surface area contributed by atoms with Crippen LogP contribution in [0.4, 0.5) is 0 Å². The van der Waals surface area contributed by atoms with Crippen LogP contribution in [0.25, 0.3) is 0 Å². The standard InChI is InChI=1S/4C16H36N.4O5P2.2Pt/c4*1-5-9-13-17(14-10-6-2,15-11-7-3)16-12-8-4;4*1-6(2)5-7(3)4;;/h4*5-16H2,1-4H3;;;;;;/q4*+1;;;;;2*+2. The molecule has 0 aliphatic rings. The van der Waals surface area contributed by atoms with E-state index in [1.54, 1.807) is 0 Å². The third-order valence-corrected chi connectivity index (χ3v) is 20.6. The van der Waals surface area contributed by atoms with Gasteiger partial charge in [-0.25, -0.2) is 0 Å². The molecule has 24 nitrogen and oxygen atoms in total. The SMILES string of the molecule is CCCC[N+](CCCC)(CCCC)CCCC.CCCC[N+](CCCC)(CCCC)CCCC.CCCC[N+](CCCC)(CCCC)CCCC.CCCC[N+](CCCC)(CCCC)CCCC.O=[P+]([O-])O[P+](=O)[O-].O=[P+]([O-])O[P+](=O)[O-].O=[P+]([O-])O[P+](=O)[O-].O=[P+]([O-])O[P+](=O)[O-].[Pt+2].[Pt+2]. The number of hydrogen-bond donors (Lipinski definition) is 0. The Hall–Kier alpha value is 1.54. The smallest absolute Gasteiger partial charge is 0.563 e. The Morgan fingerprint density at radius 3 is 0.265 bits per heavy atom. The summed E-state index contributed by atoms with van der Waals surface area (Å²) in [7, 11) is -25.9. The van der Waals surface area contributed by atoms with Crippen molar-refractivity contribution in [2.24, 2.45) is 0 Å². The molecule has 0 spiro atoms. The summed E-state index contributed by atoms with van der Waals surface area (Å²) in [6.45, 7) is 60.1. The normalized spacial score (nSPS) is 12.2. The molecule has 0 bridgehead atoms. The number of hydrogen-bond acceptors (Lipinski definition) is 20. The Labute approximate surface area is 635 Å². The van der Waals surface area contributed by atoms with Crippen molar-refractivity contribution in [3.8, 4) is 0 Å². The average molecular weight is 1930 g/mol. The van der Waals surface area contributed by atoms with Crippen molar-refractivity contribution < 1.29 is 153 Å². The molecule has 0 saturated heterocycles. The first kappa shape index (κ1) is 121. The van der Waals surface area contributed by atoms with E-state index >= 15 is 0 Å². The Bertz CT molecular complexity index is 1380. The molecule has 0 rings (SSSR count). The van der Waals surface area contributed by atoms with Crippen LogP contribution in [-0.4, -0.2) is 123 Å². The van der Waals surface area contributed by atoms with Gasteiger partial charge < -0.3 is 57.1 Å². The molecule has 592 valence electrons. The van der Waals surface area contributed by atoms with Gasteiger partial charge in [-0.15, -0.1) is 0 Å². The van der Waals surface area contributed by atoms with Crippen molar-refractivity contribution in [3.63, 3.8) is 0 Å². The molecule has 0 N–H and O–H groups in total. The average Bonchev–Trinajstić information content (AvgIpc) is 0.946. The van der Waals surface area contributed by atoms with Crippen LogP contribution in [0, 0.1) is 0 Å². The first-order valence-electron chi connectivity index (χ1n) is 36.8. The summed E-state index contributed by atoms with van der Waals surface area (Å²) in [6.07, 6.45) is 44.2. The zero-order chi connectivity index (χ0) is 75.4. The number of nitrogens with zero attached hydrogens (tertiary/aromatic N) is 4. The molecular formula is C64H144N4O20P8Pt2+8. The van der Waals surface area contributed by atoms with Crippen LogP contribution in [0.15, 0.2) is 0 Å². The monoisotopic (exact) mass is 1930 g/mol. The third-order valence-electron chi connectivity index (χ3n) is 16.3. The van der Waals surface area contributed by atoms with Crippen molar-refractivity contribution in [2.45, 2.75) is 316 Å². The molecule has 0 radical (unpaired) electrons. The summed E-state index contributed by atoms with van der Waals surface area (Å²) in [5, 5.41) is 0. The van der Waals surface area contributed by atoms with Crippen LogP contribution in [0.3, 0.4) is 0 Å². The minimum Gasteiger partial charge on any atom is -0.563 e. The minimum atomic E-state index is -3.24. The van der Waals surface area contributed by atoms with E-state index in [2.05, 4.69) is 128 Å². The molecule has 8 atom stereocenters. The summed E-state index contributed by atoms with van der Waals surface area (Å²) >= 11 is 0. The molecule has 98 heavy (non-hydrogen) atoms. The van der Waals surface area contributed by atoms with Crippen molar-refractivity contribution in [1.29, 1.82) is 0 Å². The van der Waals surface area contributed by atoms with E-state index in [9.17, 15) is 75.7 Å². The van der Waals surface area contributed by atoms with Gasteiger partial charge in [0.1, 0.15) is 17.2 Å². The van der Waals surface area contributed by atoms with Gasteiger partial charge in [-0.05, 0) is 139 Å². The second kappa shape index (κ2) is 90.9. The first-order chi connectivity index (χ1) is 45.5. The van der Waals surface area contributed by atoms with Crippen LogP contribution >= 0.6 is 66.0 Å². The number of rotatable bonds is 56. The van der Waals surface area contributed by atoms with E-state index in [4.69, 9.17) is 0 Å². The summed E-state index contributed by atoms with van der Waals surface area (Å²) in [4.78, 5) is 73.9. The Morgan fingerprint density at radius 1 is 0.173 bits per heavy atom. The van der Waals surface area contributed by atoms with E-state index in [-0.39, 0.29) is 42.1 Å². The van der Waals surface area contributed by atoms with Crippen molar-refractivity contribution in [1.82, 2.24) is 0 Å². The van der Waals surface area contributed by atoms with Crippen molar-refractivity contribution >= 4 is 66.0 Å². The van der Waals surface area contributed by atoms with E-state index in [1.807, 2.05) is 0 Å². The van der Waals surface area contributed by atoms with Gasteiger partial charge in [-0.1, -0.05) is 214 Å². The predicted octanol–water partition coefficient (Wildman–Crippen LogP) is 16.2. The third kappa shape index (κ3) is 95.5. The van der Waals surface area contributed by atoms with E-state index in [0.717, 1.165) is 0 Å². The molecule has 0 heterocycles. The van der Waals surface area contributed by atoms with E-state index in [0.29, 0.717) is 0 Å². The second-order valence-electron chi connectivity index (χ2n) is 24.7. The quantitative estimate of drug-likeness (QED) is 0.0403. The zero-order valence-electron chi connectivity index (χ0n) is 64.1. The van der Waals surface area contributed by atoms with Gasteiger partial charge in [0.25, 0.3) is 0 Å². The largest absolute Gasteiger partial charge is 2.00 e. The number of quaternary nitrogens is 4. The number of unbranched alkanes of at least 4 members (excludes halogenated alkanes) is 16. The molecule has 0 amide bonds. The fourth-order valence-electron chi connectivity index (χ4n) is 10.8. The van der Waals surface area contributed by atoms with Gasteiger partial charge in [0.15, 0.2) is 0 Å². The maximum absolute atomic E-state index is 9.24. The Morgan fingerprint density at radius 2 is 0.235 bits per heavy atom. The van der Waals surface area contributed by atoms with Crippen LogP contribution < -0.4 is 39.1 Å². The van der Waals surface area contributed by atoms with E-state index in [1.165, 1.54) is 328 Å². The van der Waals surface area contributed by atoms with Gasteiger partial charge in [0, 0.05) is 0 Å². The maximum atomic E-state index is 9.24. The fourth-order valence-corrected chi connectivity index (χ4v) is 12.5. The molecule has 34 heteroatoms. The predicted molar refractivity (Wildman–Crippen MR) is 383 cm³/mol. The summed E-state index contributed by atoms with van der Waals surface area (Å²) in [6, 6.07) is 0. The topological polar surface area (TPSA) is 358 Å². The summed E-state index contributed by atoms with van der Waals surface area (Å²) in [5.41, 5.74) is 0. The second-order valence-corrected chi connectivity index (χ2v) is 30.9. The molecule has 0 aromatic rings. The van der Waals surface area contributed by atoms with Gasteiger partial charge >= 0.3 is 108 Å².